The summed E-state index contributed by atoms with van der Waals surface area (Å²) < 4.78 is 1.90. The summed E-state index contributed by atoms with van der Waals surface area (Å²) in [6, 6.07) is 0. The van der Waals surface area contributed by atoms with E-state index in [-0.39, 0.29) is 5.91 Å². The minimum absolute atomic E-state index is 0.0351. The molecule has 0 fully saturated rings. The van der Waals surface area contributed by atoms with Crippen LogP contribution in [0.3, 0.4) is 0 Å². The van der Waals surface area contributed by atoms with Crippen LogP contribution in [0.15, 0.2) is 23.3 Å². The number of pyridine rings is 1. The Hall–Kier alpha value is -0.430. The molecule has 0 aliphatic rings. The van der Waals surface area contributed by atoms with E-state index in [1.165, 1.54) is 0 Å². The zero-order chi connectivity index (χ0) is 12.1. The highest BCUT2D eigenvalue weighted by molar-refractivity contribution is 14.1. The van der Waals surface area contributed by atoms with Crippen molar-refractivity contribution in [2.75, 3.05) is 5.32 Å². The van der Waals surface area contributed by atoms with Crippen LogP contribution in [0.2, 0.25) is 0 Å². The monoisotopic (exact) mass is 394 g/mol. The van der Waals surface area contributed by atoms with Crippen molar-refractivity contribution in [2.45, 2.75) is 19.8 Å². The highest BCUT2D eigenvalue weighted by Crippen LogP contribution is 2.25. The van der Waals surface area contributed by atoms with Crippen molar-refractivity contribution >= 4 is 50.2 Å². The van der Waals surface area contributed by atoms with Crippen LogP contribution in [-0.4, -0.2) is 10.9 Å². The van der Waals surface area contributed by atoms with Gasteiger partial charge in [0.2, 0.25) is 5.91 Å². The molecule has 86 valence electrons. The van der Waals surface area contributed by atoms with Crippen molar-refractivity contribution in [3.05, 3.63) is 32.5 Å². The van der Waals surface area contributed by atoms with Gasteiger partial charge in [0, 0.05) is 17.1 Å². The number of allylic oxidation sites excluding steroid dienone is 1. The number of carbonyl (C=O) groups excluding carboxylic acids is 1. The molecular weight excluding hydrogens is 383 g/mol. The number of anilines is 1. The van der Waals surface area contributed by atoms with Gasteiger partial charge in [-0.25, -0.2) is 4.98 Å². The van der Waals surface area contributed by atoms with Crippen LogP contribution in [0.25, 0.3) is 0 Å². The summed E-state index contributed by atoms with van der Waals surface area (Å²) in [4.78, 5) is 15.7. The smallest absolute Gasteiger partial charge is 0.225 e. The van der Waals surface area contributed by atoms with Crippen LogP contribution in [0.4, 0.5) is 5.82 Å². The van der Waals surface area contributed by atoms with Gasteiger partial charge >= 0.3 is 0 Å². The van der Waals surface area contributed by atoms with Gasteiger partial charge in [-0.15, -0.1) is 6.58 Å². The Bertz CT molecular complexity index is 421. The molecule has 5 heteroatoms. The molecule has 0 spiro atoms. The Balaban J connectivity index is 2.78. The fraction of sp³-hybridized carbons (Fsp3) is 0.273. The van der Waals surface area contributed by atoms with Crippen molar-refractivity contribution in [1.29, 1.82) is 0 Å². The maximum absolute atomic E-state index is 11.5. The molecule has 1 aromatic rings. The molecule has 1 heterocycles. The number of hydrogen-bond acceptors (Lipinski definition) is 2. The number of amides is 1. The van der Waals surface area contributed by atoms with Crippen LogP contribution in [0.5, 0.6) is 0 Å². The van der Waals surface area contributed by atoms with Gasteiger partial charge in [0.15, 0.2) is 0 Å². The van der Waals surface area contributed by atoms with E-state index < -0.39 is 0 Å². The number of nitrogens with one attached hydrogen (secondary N) is 1. The average Bonchev–Trinajstić information content (AvgIpc) is 2.27. The van der Waals surface area contributed by atoms with E-state index in [2.05, 4.69) is 55.4 Å². The fourth-order valence-corrected chi connectivity index (χ4v) is 2.31. The molecular formula is C11H12BrIN2O. The normalized spacial score (nSPS) is 9.94. The highest BCUT2D eigenvalue weighted by atomic mass is 127. The SMILES string of the molecule is C=CCCC(=O)Nc1ncc(Br)c(C)c1I. The van der Waals surface area contributed by atoms with Crippen LogP contribution >= 0.6 is 38.5 Å². The number of nitrogens with zero attached hydrogens (tertiary/aromatic N) is 1. The summed E-state index contributed by atoms with van der Waals surface area (Å²) in [7, 11) is 0. The second-order valence-corrected chi connectivity index (χ2v) is 5.20. The summed E-state index contributed by atoms with van der Waals surface area (Å²) in [6.07, 6.45) is 4.54. The third-order valence-electron chi connectivity index (χ3n) is 2.04. The second-order valence-electron chi connectivity index (χ2n) is 3.27. The third kappa shape index (κ3) is 3.55. The quantitative estimate of drug-likeness (QED) is 0.625. The zero-order valence-corrected chi connectivity index (χ0v) is 12.6. The number of hydrogen-bond donors (Lipinski definition) is 1. The Morgan fingerprint density at radius 2 is 2.44 bits per heavy atom. The molecule has 0 aliphatic heterocycles. The fourth-order valence-electron chi connectivity index (χ4n) is 1.07. The summed E-state index contributed by atoms with van der Waals surface area (Å²) in [5.74, 6) is 0.586. The van der Waals surface area contributed by atoms with E-state index in [4.69, 9.17) is 0 Å². The molecule has 0 saturated carbocycles. The lowest BCUT2D eigenvalue weighted by Gasteiger charge is -2.08. The van der Waals surface area contributed by atoms with E-state index in [9.17, 15) is 4.79 Å². The molecule has 1 rings (SSSR count). The first-order valence-corrected chi connectivity index (χ1v) is 6.64. The maximum Gasteiger partial charge on any atom is 0.225 e. The molecule has 0 saturated heterocycles. The van der Waals surface area contributed by atoms with Gasteiger partial charge in [-0.3, -0.25) is 4.79 Å². The Morgan fingerprint density at radius 3 is 3.06 bits per heavy atom. The maximum atomic E-state index is 11.5. The first kappa shape index (κ1) is 13.6. The van der Waals surface area contributed by atoms with Gasteiger partial charge in [0.05, 0.1) is 3.57 Å². The molecule has 1 N–H and O–H groups in total. The van der Waals surface area contributed by atoms with Gasteiger partial charge in [-0.2, -0.15) is 0 Å². The number of rotatable bonds is 4. The summed E-state index contributed by atoms with van der Waals surface area (Å²) >= 11 is 5.57. The molecule has 0 aliphatic carbocycles. The van der Waals surface area contributed by atoms with E-state index >= 15 is 0 Å². The predicted octanol–water partition coefficient (Wildman–Crippen LogP) is 3.66. The van der Waals surface area contributed by atoms with Gasteiger partial charge in [-0.05, 0) is 57.4 Å². The molecule has 0 aromatic carbocycles. The lowest BCUT2D eigenvalue weighted by molar-refractivity contribution is -0.116. The molecule has 1 aromatic heterocycles. The van der Waals surface area contributed by atoms with Gasteiger partial charge in [0.25, 0.3) is 0 Å². The number of aromatic nitrogens is 1. The van der Waals surface area contributed by atoms with Crippen molar-refractivity contribution in [1.82, 2.24) is 4.98 Å². The molecule has 0 bridgehead atoms. The lowest BCUT2D eigenvalue weighted by Crippen LogP contribution is -2.13. The van der Waals surface area contributed by atoms with E-state index in [0.29, 0.717) is 18.7 Å². The topological polar surface area (TPSA) is 42.0 Å². The molecule has 0 radical (unpaired) electrons. The van der Waals surface area contributed by atoms with E-state index in [0.717, 1.165) is 13.6 Å². The Morgan fingerprint density at radius 1 is 1.75 bits per heavy atom. The van der Waals surface area contributed by atoms with Crippen molar-refractivity contribution in [3.63, 3.8) is 0 Å². The van der Waals surface area contributed by atoms with Crippen molar-refractivity contribution in [2.24, 2.45) is 0 Å². The van der Waals surface area contributed by atoms with Gasteiger partial charge in [-0.1, -0.05) is 6.08 Å². The third-order valence-corrected chi connectivity index (χ3v) is 4.16. The summed E-state index contributed by atoms with van der Waals surface area (Å²) in [5.41, 5.74) is 1.08. The Kier molecular flexibility index (Phi) is 5.40. The standard InChI is InChI=1S/C11H12BrIN2O/c1-3-4-5-9(16)15-11-10(13)7(2)8(12)6-14-11/h3,6H,1,4-5H2,2H3,(H,14,15,16). The summed E-state index contributed by atoms with van der Waals surface area (Å²) in [6.45, 7) is 5.56. The Labute approximate surface area is 117 Å². The minimum Gasteiger partial charge on any atom is -0.310 e. The lowest BCUT2D eigenvalue weighted by atomic mass is 10.2. The van der Waals surface area contributed by atoms with Crippen LogP contribution in [0.1, 0.15) is 18.4 Å². The average molecular weight is 395 g/mol. The minimum atomic E-state index is -0.0351. The van der Waals surface area contributed by atoms with Crippen molar-refractivity contribution in [3.8, 4) is 0 Å². The largest absolute Gasteiger partial charge is 0.310 e. The molecule has 16 heavy (non-hydrogen) atoms. The molecule has 0 atom stereocenters. The van der Waals surface area contributed by atoms with E-state index in [1.54, 1.807) is 12.3 Å². The van der Waals surface area contributed by atoms with Crippen molar-refractivity contribution < 1.29 is 4.79 Å². The second kappa shape index (κ2) is 6.34. The summed E-state index contributed by atoms with van der Waals surface area (Å²) in [5, 5.41) is 2.79. The first-order valence-electron chi connectivity index (χ1n) is 4.77. The van der Waals surface area contributed by atoms with Crippen LogP contribution < -0.4 is 5.32 Å². The molecule has 0 unspecified atom stereocenters. The predicted molar refractivity (Wildman–Crippen MR) is 77.5 cm³/mol. The first-order chi connectivity index (χ1) is 7.56. The highest BCUT2D eigenvalue weighted by Gasteiger charge is 2.10. The molecule has 3 nitrogen and oxygen atoms in total. The number of halogens is 2. The van der Waals surface area contributed by atoms with Gasteiger partial charge < -0.3 is 5.32 Å². The molecule has 1 amide bonds. The van der Waals surface area contributed by atoms with Gasteiger partial charge in [0.1, 0.15) is 5.82 Å². The number of carbonyl (C=O) groups is 1. The zero-order valence-electron chi connectivity index (χ0n) is 8.89. The van der Waals surface area contributed by atoms with Crippen LogP contribution in [0, 0.1) is 10.5 Å². The van der Waals surface area contributed by atoms with Crippen LogP contribution in [-0.2, 0) is 4.79 Å². The van der Waals surface area contributed by atoms with E-state index in [1.807, 2.05) is 6.92 Å².